The van der Waals surface area contributed by atoms with Crippen molar-refractivity contribution in [1.29, 1.82) is 0 Å². The zero-order valence-electron chi connectivity index (χ0n) is 15.1. The molecule has 1 aliphatic heterocycles. The third-order valence-electron chi connectivity index (χ3n) is 4.50. The van der Waals surface area contributed by atoms with Gasteiger partial charge in [-0.3, -0.25) is 14.9 Å². The molecule has 26 heavy (non-hydrogen) atoms. The molecular formula is C17H25N3O5S. The molecule has 1 unspecified atom stereocenters. The second-order valence-electron chi connectivity index (χ2n) is 6.86. The molecule has 1 heterocycles. The molecule has 1 aromatic rings. The summed E-state index contributed by atoms with van der Waals surface area (Å²) in [6, 6.07) is 5.81. The van der Waals surface area contributed by atoms with Gasteiger partial charge in [-0.2, -0.15) is 0 Å². The largest absolute Gasteiger partial charge is 0.338 e. The average molecular weight is 383 g/mol. The molecule has 1 saturated heterocycles. The molecular weight excluding hydrogens is 358 g/mol. The first-order valence-corrected chi connectivity index (χ1v) is 10.4. The van der Waals surface area contributed by atoms with E-state index in [-0.39, 0.29) is 35.6 Å². The number of nitro benzene ring substituents is 1. The van der Waals surface area contributed by atoms with E-state index in [1.165, 1.54) is 6.07 Å². The third kappa shape index (κ3) is 5.50. The average Bonchev–Trinajstić information content (AvgIpc) is 2.91. The van der Waals surface area contributed by atoms with Crippen LogP contribution in [0.3, 0.4) is 0 Å². The minimum Gasteiger partial charge on any atom is -0.338 e. The molecule has 0 bridgehead atoms. The summed E-state index contributed by atoms with van der Waals surface area (Å²) in [6.07, 6.45) is 1.04. The maximum absolute atomic E-state index is 12.9. The maximum atomic E-state index is 12.9. The maximum Gasteiger partial charge on any atom is 0.273 e. The smallest absolute Gasteiger partial charge is 0.273 e. The monoisotopic (exact) mass is 383 g/mol. The van der Waals surface area contributed by atoms with E-state index in [9.17, 15) is 23.3 Å². The van der Waals surface area contributed by atoms with Gasteiger partial charge in [-0.05, 0) is 33.5 Å². The van der Waals surface area contributed by atoms with E-state index in [1.807, 2.05) is 19.0 Å². The molecule has 0 aromatic heterocycles. The van der Waals surface area contributed by atoms with Gasteiger partial charge in [-0.15, -0.1) is 0 Å². The van der Waals surface area contributed by atoms with E-state index in [1.54, 1.807) is 23.1 Å². The highest BCUT2D eigenvalue weighted by atomic mass is 32.2. The molecule has 1 atom stereocenters. The van der Waals surface area contributed by atoms with Crippen LogP contribution in [0.25, 0.3) is 0 Å². The molecule has 0 spiro atoms. The Morgan fingerprint density at radius 3 is 2.54 bits per heavy atom. The second kappa shape index (κ2) is 8.59. The Kier molecular flexibility index (Phi) is 6.71. The number of hydrogen-bond donors (Lipinski definition) is 0. The summed E-state index contributed by atoms with van der Waals surface area (Å²) in [6.45, 7) is 1.21. The summed E-state index contributed by atoms with van der Waals surface area (Å²) in [4.78, 5) is 27.1. The molecule has 9 heteroatoms. The Balaban J connectivity index is 2.16. The number of sulfone groups is 1. The summed E-state index contributed by atoms with van der Waals surface area (Å²) in [5.41, 5.74) is 0.258. The number of nitrogens with zero attached hydrogens (tertiary/aromatic N) is 3. The first-order valence-electron chi connectivity index (χ1n) is 8.56. The van der Waals surface area contributed by atoms with Crippen molar-refractivity contribution in [1.82, 2.24) is 9.80 Å². The molecule has 1 aliphatic rings. The van der Waals surface area contributed by atoms with Gasteiger partial charge in [-0.25, -0.2) is 8.42 Å². The standard InChI is InChI=1S/C17H25N3O5S/c1-18(2)9-5-10-19(15-8-11-26(24,25)13-15)17(21)12-14-6-3-4-7-16(14)20(22)23/h3-4,6-7,15H,5,8-13H2,1-2H3. The highest BCUT2D eigenvalue weighted by molar-refractivity contribution is 7.91. The number of nitro groups is 1. The highest BCUT2D eigenvalue weighted by Gasteiger charge is 2.34. The topological polar surface area (TPSA) is 101 Å². The molecule has 2 rings (SSSR count). The van der Waals surface area contributed by atoms with Gasteiger partial charge in [0.2, 0.25) is 5.91 Å². The summed E-state index contributed by atoms with van der Waals surface area (Å²) >= 11 is 0. The Bertz CT molecular complexity index is 763. The minimum absolute atomic E-state index is 0.0302. The van der Waals surface area contributed by atoms with Gasteiger partial charge in [0, 0.05) is 24.2 Å². The van der Waals surface area contributed by atoms with Crippen LogP contribution in [-0.2, 0) is 21.1 Å². The van der Waals surface area contributed by atoms with Crippen LogP contribution in [-0.4, -0.2) is 73.8 Å². The molecule has 1 amide bonds. The van der Waals surface area contributed by atoms with Gasteiger partial charge in [0.1, 0.15) is 0 Å². The van der Waals surface area contributed by atoms with Crippen LogP contribution in [0.4, 0.5) is 5.69 Å². The van der Waals surface area contributed by atoms with Gasteiger partial charge < -0.3 is 9.80 Å². The van der Waals surface area contributed by atoms with Gasteiger partial charge in [0.15, 0.2) is 9.84 Å². The fraction of sp³-hybridized carbons (Fsp3) is 0.588. The normalized spacial score (nSPS) is 18.8. The van der Waals surface area contributed by atoms with Crippen molar-refractivity contribution in [3.8, 4) is 0 Å². The SMILES string of the molecule is CN(C)CCCN(C(=O)Cc1ccccc1[N+](=O)[O-])C1CCS(=O)(=O)C1. The van der Waals surface area contributed by atoms with Gasteiger partial charge in [-0.1, -0.05) is 18.2 Å². The van der Waals surface area contributed by atoms with E-state index < -0.39 is 14.8 Å². The van der Waals surface area contributed by atoms with Gasteiger partial charge in [0.25, 0.3) is 5.69 Å². The molecule has 1 aromatic carbocycles. The molecule has 0 aliphatic carbocycles. The minimum atomic E-state index is -3.12. The Labute approximate surface area is 153 Å². The van der Waals surface area contributed by atoms with Crippen molar-refractivity contribution >= 4 is 21.4 Å². The molecule has 8 nitrogen and oxygen atoms in total. The van der Waals surface area contributed by atoms with Gasteiger partial charge >= 0.3 is 0 Å². The fourth-order valence-corrected chi connectivity index (χ4v) is 4.92. The number of para-hydroxylation sites is 1. The zero-order chi connectivity index (χ0) is 19.3. The van der Waals surface area contributed by atoms with E-state index >= 15 is 0 Å². The predicted molar refractivity (Wildman–Crippen MR) is 98.7 cm³/mol. The van der Waals surface area contributed by atoms with E-state index in [0.29, 0.717) is 24.9 Å². The Morgan fingerprint density at radius 1 is 1.27 bits per heavy atom. The van der Waals surface area contributed by atoms with Gasteiger partial charge in [0.05, 0.1) is 22.8 Å². The van der Waals surface area contributed by atoms with Crippen LogP contribution < -0.4 is 0 Å². The van der Waals surface area contributed by atoms with Crippen LogP contribution in [0, 0.1) is 10.1 Å². The van der Waals surface area contributed by atoms with E-state index in [2.05, 4.69) is 0 Å². The fourth-order valence-electron chi connectivity index (χ4n) is 3.19. The van der Waals surface area contributed by atoms with Crippen LogP contribution >= 0.6 is 0 Å². The number of hydrogen-bond acceptors (Lipinski definition) is 6. The Hall–Kier alpha value is -2.00. The predicted octanol–water partition coefficient (Wildman–Crippen LogP) is 1.10. The van der Waals surface area contributed by atoms with Crippen molar-refractivity contribution < 1.29 is 18.1 Å². The number of amides is 1. The summed E-state index contributed by atoms with van der Waals surface area (Å²) in [5, 5.41) is 11.2. The molecule has 144 valence electrons. The molecule has 1 fully saturated rings. The van der Waals surface area contributed by atoms with Crippen molar-refractivity contribution in [2.75, 3.05) is 38.7 Å². The number of rotatable bonds is 8. The molecule has 0 radical (unpaired) electrons. The van der Waals surface area contributed by atoms with Crippen molar-refractivity contribution in [2.45, 2.75) is 25.3 Å². The number of carbonyl (C=O) groups is 1. The first kappa shape index (κ1) is 20.3. The van der Waals surface area contributed by atoms with E-state index in [4.69, 9.17) is 0 Å². The highest BCUT2D eigenvalue weighted by Crippen LogP contribution is 2.22. The summed E-state index contributed by atoms with van der Waals surface area (Å²) in [5.74, 6) is -0.210. The lowest BCUT2D eigenvalue weighted by Gasteiger charge is -2.29. The molecule has 0 N–H and O–H groups in total. The number of carbonyl (C=O) groups excluding carboxylic acids is 1. The van der Waals surface area contributed by atoms with Crippen molar-refractivity contribution in [3.05, 3.63) is 39.9 Å². The van der Waals surface area contributed by atoms with Crippen molar-refractivity contribution in [3.63, 3.8) is 0 Å². The second-order valence-corrected chi connectivity index (χ2v) is 9.09. The quantitative estimate of drug-likeness (QED) is 0.492. The lowest BCUT2D eigenvalue weighted by molar-refractivity contribution is -0.385. The zero-order valence-corrected chi connectivity index (χ0v) is 15.9. The van der Waals surface area contributed by atoms with Crippen LogP contribution in [0.5, 0.6) is 0 Å². The van der Waals surface area contributed by atoms with Crippen LogP contribution in [0.1, 0.15) is 18.4 Å². The Morgan fingerprint density at radius 2 is 1.96 bits per heavy atom. The number of benzene rings is 1. The van der Waals surface area contributed by atoms with Crippen molar-refractivity contribution in [2.24, 2.45) is 0 Å². The first-order chi connectivity index (χ1) is 12.2. The van der Waals surface area contributed by atoms with Crippen LogP contribution in [0.15, 0.2) is 24.3 Å². The lowest BCUT2D eigenvalue weighted by Crippen LogP contribution is -2.43. The van der Waals surface area contributed by atoms with Crippen LogP contribution in [0.2, 0.25) is 0 Å². The third-order valence-corrected chi connectivity index (χ3v) is 6.25. The lowest BCUT2D eigenvalue weighted by atomic mass is 10.1. The summed E-state index contributed by atoms with van der Waals surface area (Å²) < 4.78 is 23.6. The van der Waals surface area contributed by atoms with E-state index in [0.717, 1.165) is 6.54 Å². The summed E-state index contributed by atoms with van der Waals surface area (Å²) in [7, 11) is 0.738. The molecule has 0 saturated carbocycles.